The number of thioether (sulfide) groups is 2. The van der Waals surface area contributed by atoms with E-state index in [0.29, 0.717) is 64.7 Å². The number of ether oxygens (including phenoxy) is 4. The Morgan fingerprint density at radius 2 is 0.443 bits per heavy atom. The average molecular weight is 1540 g/mol. The van der Waals surface area contributed by atoms with Crippen molar-refractivity contribution in [2.75, 3.05) is 78.0 Å². The molecule has 0 aromatic carbocycles. The standard InChI is InChI=1S/C90H174N4O10S2/c1-11-19-25-39-47-61-81(62-48-40-26-20-12-2)101-85(95)69-55-75-93(89(99)105-79-59-73-91(9)10)76-56-70-87(97)103-83(65-51-43-29-23-15-5)67-53-45-37-35-33-31-32-34-36-38-46-54-68-84(66-52-44-30-24-16-6)104-88(98)72-58-78-94(90(100)106-80-60-74-92(17-7)18-8)77-57-71-86(96)102-82(63-49-41-27-21-13-3)64-50-42-28-22-14-4/h81-84H,11-80H2,1-10H3. The maximum atomic E-state index is 13.8. The lowest BCUT2D eigenvalue weighted by Gasteiger charge is -2.23. The van der Waals surface area contributed by atoms with Gasteiger partial charge in [-0.2, -0.15) is 0 Å². The highest BCUT2D eigenvalue weighted by molar-refractivity contribution is 8.13. The molecule has 0 bridgehead atoms. The van der Waals surface area contributed by atoms with Gasteiger partial charge in [0.1, 0.15) is 24.4 Å². The number of rotatable bonds is 81. The molecule has 0 aromatic heterocycles. The molecule has 0 aliphatic rings. The van der Waals surface area contributed by atoms with E-state index in [0.717, 1.165) is 166 Å². The first-order valence-electron chi connectivity index (χ1n) is 45.7. The van der Waals surface area contributed by atoms with Crippen LogP contribution in [-0.4, -0.2) is 156 Å². The van der Waals surface area contributed by atoms with Crippen molar-refractivity contribution in [2.24, 2.45) is 0 Å². The molecule has 626 valence electrons. The van der Waals surface area contributed by atoms with Gasteiger partial charge in [-0.15, -0.1) is 0 Å². The third-order valence-electron chi connectivity index (χ3n) is 21.2. The Balaban J connectivity index is 5.25. The number of hydrogen-bond acceptors (Lipinski definition) is 14. The molecule has 106 heavy (non-hydrogen) atoms. The molecule has 16 heteroatoms. The van der Waals surface area contributed by atoms with E-state index in [4.69, 9.17) is 18.9 Å². The zero-order chi connectivity index (χ0) is 77.8. The van der Waals surface area contributed by atoms with Gasteiger partial charge in [0.15, 0.2) is 0 Å². The molecule has 0 rings (SSSR count). The third-order valence-corrected chi connectivity index (χ3v) is 23.2. The highest BCUT2D eigenvalue weighted by atomic mass is 32.2. The second-order valence-electron chi connectivity index (χ2n) is 31.6. The van der Waals surface area contributed by atoms with E-state index in [1.165, 1.54) is 229 Å². The monoisotopic (exact) mass is 1540 g/mol. The van der Waals surface area contributed by atoms with Gasteiger partial charge in [-0.1, -0.05) is 297 Å². The zero-order valence-electron chi connectivity index (χ0n) is 71.5. The van der Waals surface area contributed by atoms with Gasteiger partial charge >= 0.3 is 23.9 Å². The summed E-state index contributed by atoms with van der Waals surface area (Å²) in [6, 6.07) is 0. The van der Waals surface area contributed by atoms with Gasteiger partial charge in [-0.05, 0) is 182 Å². The molecule has 0 radical (unpaired) electrons. The summed E-state index contributed by atoms with van der Waals surface area (Å²) >= 11 is 2.72. The van der Waals surface area contributed by atoms with E-state index in [9.17, 15) is 28.8 Å². The summed E-state index contributed by atoms with van der Waals surface area (Å²) in [5, 5.41) is 0.0556. The van der Waals surface area contributed by atoms with Crippen LogP contribution in [0.4, 0.5) is 9.59 Å². The Labute approximate surface area is 664 Å². The Bertz CT molecular complexity index is 1960. The van der Waals surface area contributed by atoms with Crippen molar-refractivity contribution in [2.45, 2.75) is 465 Å². The molecule has 0 aromatic rings. The van der Waals surface area contributed by atoms with Crippen LogP contribution in [0.2, 0.25) is 0 Å². The Hall–Kier alpha value is -2.56. The first kappa shape index (κ1) is 103. The molecule has 0 aliphatic heterocycles. The summed E-state index contributed by atoms with van der Waals surface area (Å²) < 4.78 is 24.8. The summed E-state index contributed by atoms with van der Waals surface area (Å²) in [6.45, 7) is 23.6. The van der Waals surface area contributed by atoms with Crippen molar-refractivity contribution in [3.63, 3.8) is 0 Å². The molecule has 2 atom stereocenters. The summed E-state index contributed by atoms with van der Waals surface area (Å²) in [5.41, 5.74) is 0. The number of carbonyl (C=O) groups excluding carboxylic acids is 6. The van der Waals surface area contributed by atoms with Crippen molar-refractivity contribution in [3.05, 3.63) is 0 Å². The first-order chi connectivity index (χ1) is 51.7. The normalized spacial score (nSPS) is 12.2. The second kappa shape index (κ2) is 79.1. The predicted molar refractivity (Wildman–Crippen MR) is 456 cm³/mol. The molecule has 2 amide bonds. The maximum absolute atomic E-state index is 13.8. The van der Waals surface area contributed by atoms with Crippen molar-refractivity contribution < 1.29 is 47.7 Å². The third kappa shape index (κ3) is 68.3. The molecule has 0 N–H and O–H groups in total. The molecule has 0 saturated heterocycles. The van der Waals surface area contributed by atoms with Gasteiger partial charge in [0, 0.05) is 63.4 Å². The van der Waals surface area contributed by atoms with Crippen molar-refractivity contribution >= 4 is 57.9 Å². The minimum absolute atomic E-state index is 0.0229. The number of esters is 4. The molecule has 0 heterocycles. The van der Waals surface area contributed by atoms with E-state index >= 15 is 0 Å². The van der Waals surface area contributed by atoms with Crippen LogP contribution >= 0.6 is 23.5 Å². The van der Waals surface area contributed by atoms with Gasteiger partial charge in [0.25, 0.3) is 10.5 Å². The molecule has 2 unspecified atom stereocenters. The van der Waals surface area contributed by atoms with E-state index in [1.807, 2.05) is 9.80 Å². The SMILES string of the molecule is CCCCCCCC(CCCCCCC)OC(=O)CCCN(CCCC(=O)OC(CCCCCCC)CCCCCCCCCCCCCCC(CCCCCCC)OC(=O)CCCN(CCCC(=O)OC(CCCCCCC)CCCCCCC)C(=O)SCCCN(CC)CC)C(=O)SCCCN(C)C. The molecule has 0 saturated carbocycles. The van der Waals surface area contributed by atoms with Crippen molar-refractivity contribution in [1.29, 1.82) is 0 Å². The van der Waals surface area contributed by atoms with Crippen LogP contribution < -0.4 is 0 Å². The number of amides is 2. The average Bonchev–Trinajstić information content (AvgIpc) is 0.940. The number of unbranched alkanes of at least 4 members (excludes halogenated alkanes) is 35. The molecule has 0 fully saturated rings. The Morgan fingerprint density at radius 3 is 0.642 bits per heavy atom. The highest BCUT2D eigenvalue weighted by Crippen LogP contribution is 2.25. The van der Waals surface area contributed by atoms with Gasteiger partial charge < -0.3 is 38.5 Å². The molecule has 14 nitrogen and oxygen atoms in total. The zero-order valence-corrected chi connectivity index (χ0v) is 73.1. The van der Waals surface area contributed by atoms with E-state index in [-0.39, 0.29) is 71.6 Å². The van der Waals surface area contributed by atoms with E-state index in [1.54, 1.807) is 0 Å². The van der Waals surface area contributed by atoms with Crippen molar-refractivity contribution in [1.82, 2.24) is 19.6 Å². The Kier molecular flexibility index (Phi) is 77.2. The lowest BCUT2D eigenvalue weighted by Crippen LogP contribution is -2.31. The number of carbonyl (C=O) groups is 6. The lowest BCUT2D eigenvalue weighted by atomic mass is 10.0. The molecule has 0 spiro atoms. The van der Waals surface area contributed by atoms with Crippen LogP contribution in [-0.2, 0) is 38.1 Å². The van der Waals surface area contributed by atoms with Crippen LogP contribution in [0.3, 0.4) is 0 Å². The number of nitrogens with zero attached hydrogens (tertiary/aromatic N) is 4. The fraction of sp³-hybridized carbons (Fsp3) is 0.933. The summed E-state index contributed by atoms with van der Waals surface area (Å²) in [6.07, 6.45) is 62.6. The topological polar surface area (TPSA) is 152 Å². The van der Waals surface area contributed by atoms with Gasteiger partial charge in [-0.25, -0.2) is 0 Å². The lowest BCUT2D eigenvalue weighted by molar-refractivity contribution is -0.151. The molecular formula is C90H174N4O10S2. The second-order valence-corrected chi connectivity index (χ2v) is 33.7. The Morgan fingerprint density at radius 1 is 0.245 bits per heavy atom. The highest BCUT2D eigenvalue weighted by Gasteiger charge is 2.23. The summed E-state index contributed by atoms with van der Waals surface area (Å²) in [7, 11) is 4.10. The van der Waals surface area contributed by atoms with Gasteiger partial charge in [0.2, 0.25) is 0 Å². The van der Waals surface area contributed by atoms with Crippen molar-refractivity contribution in [3.8, 4) is 0 Å². The molecule has 0 aliphatic carbocycles. The minimum Gasteiger partial charge on any atom is -0.462 e. The van der Waals surface area contributed by atoms with E-state index in [2.05, 4.69) is 79.3 Å². The van der Waals surface area contributed by atoms with Gasteiger partial charge in [-0.3, -0.25) is 28.8 Å². The largest absolute Gasteiger partial charge is 0.462 e. The molecular weight excluding hydrogens is 1360 g/mol. The van der Waals surface area contributed by atoms with E-state index < -0.39 is 0 Å². The smallest absolute Gasteiger partial charge is 0.306 e. The first-order valence-corrected chi connectivity index (χ1v) is 47.6. The van der Waals surface area contributed by atoms with Crippen LogP contribution in [0.25, 0.3) is 0 Å². The minimum atomic E-state index is -0.158. The maximum Gasteiger partial charge on any atom is 0.306 e. The predicted octanol–water partition coefficient (Wildman–Crippen LogP) is 26.4. The quantitative estimate of drug-likeness (QED) is 0.0322. The summed E-state index contributed by atoms with van der Waals surface area (Å²) in [4.78, 5) is 89.3. The van der Waals surface area contributed by atoms with Crippen LogP contribution in [0.1, 0.15) is 441 Å². The number of hydrogen-bond donors (Lipinski definition) is 0. The van der Waals surface area contributed by atoms with Crippen LogP contribution in [0.15, 0.2) is 0 Å². The fourth-order valence-corrected chi connectivity index (χ4v) is 16.0. The van der Waals surface area contributed by atoms with Crippen LogP contribution in [0, 0.1) is 0 Å². The van der Waals surface area contributed by atoms with Crippen LogP contribution in [0.5, 0.6) is 0 Å². The fourth-order valence-electron chi connectivity index (χ4n) is 14.3. The van der Waals surface area contributed by atoms with Gasteiger partial charge in [0.05, 0.1) is 0 Å². The summed E-state index contributed by atoms with van der Waals surface area (Å²) in [5.74, 6) is 0.866.